The maximum absolute atomic E-state index is 12.7. The van der Waals surface area contributed by atoms with Gasteiger partial charge in [-0.2, -0.15) is 4.68 Å². The predicted molar refractivity (Wildman–Crippen MR) is 119 cm³/mol. The molecular formula is C24H27N3O3. The summed E-state index contributed by atoms with van der Waals surface area (Å²) in [5.41, 5.74) is 6.49. The van der Waals surface area contributed by atoms with Gasteiger partial charge < -0.3 is 10.1 Å². The molecule has 3 rings (SSSR count). The zero-order chi connectivity index (χ0) is 22.0. The van der Waals surface area contributed by atoms with Crippen molar-refractivity contribution in [2.75, 3.05) is 5.32 Å². The van der Waals surface area contributed by atoms with E-state index >= 15 is 0 Å². The maximum Gasteiger partial charge on any atom is 0.271 e. The highest BCUT2D eigenvalue weighted by atomic mass is 16.5. The third-order valence-corrected chi connectivity index (χ3v) is 5.10. The number of ether oxygens (including phenoxy) is 1. The largest absolute Gasteiger partial charge is 0.463 e. The number of carbonyl (C=O) groups is 1. The van der Waals surface area contributed by atoms with E-state index in [1.54, 1.807) is 6.92 Å². The van der Waals surface area contributed by atoms with E-state index in [0.29, 0.717) is 5.69 Å². The van der Waals surface area contributed by atoms with Crippen molar-refractivity contribution in [3.05, 3.63) is 80.6 Å². The van der Waals surface area contributed by atoms with Gasteiger partial charge in [-0.1, -0.05) is 23.8 Å². The minimum Gasteiger partial charge on any atom is -0.463 e. The molecule has 0 radical (unpaired) electrons. The molecule has 2 aromatic carbocycles. The van der Waals surface area contributed by atoms with E-state index in [0.717, 1.165) is 33.5 Å². The van der Waals surface area contributed by atoms with Crippen LogP contribution in [0.15, 0.2) is 47.3 Å². The van der Waals surface area contributed by atoms with E-state index in [1.807, 2.05) is 65.0 Å². The second kappa shape index (κ2) is 8.53. The van der Waals surface area contributed by atoms with Crippen molar-refractivity contribution >= 4 is 11.6 Å². The van der Waals surface area contributed by atoms with E-state index in [1.165, 1.54) is 16.8 Å². The quantitative estimate of drug-likeness (QED) is 0.691. The van der Waals surface area contributed by atoms with Crippen molar-refractivity contribution in [3.63, 3.8) is 0 Å². The lowest BCUT2D eigenvalue weighted by molar-refractivity contribution is -0.122. The SMILES string of the molecule is Cc1cc(C)c(NC(=O)C(C)Oc2ccc(=O)n(-c3ccc(C)c(C)c3)n2)c(C)c1. The molecule has 0 saturated heterocycles. The molecule has 0 spiro atoms. The molecule has 0 aliphatic heterocycles. The average molecular weight is 405 g/mol. The highest BCUT2D eigenvalue weighted by Gasteiger charge is 2.18. The first-order chi connectivity index (χ1) is 14.2. The summed E-state index contributed by atoms with van der Waals surface area (Å²) in [7, 11) is 0. The molecule has 6 nitrogen and oxygen atoms in total. The van der Waals surface area contributed by atoms with Crippen molar-refractivity contribution < 1.29 is 9.53 Å². The molecule has 0 saturated carbocycles. The molecule has 156 valence electrons. The van der Waals surface area contributed by atoms with Gasteiger partial charge in [0.05, 0.1) is 5.69 Å². The molecule has 6 heteroatoms. The van der Waals surface area contributed by atoms with E-state index in [4.69, 9.17) is 4.74 Å². The van der Waals surface area contributed by atoms with Crippen LogP contribution in [-0.4, -0.2) is 21.8 Å². The Morgan fingerprint density at radius 3 is 2.23 bits per heavy atom. The number of carbonyl (C=O) groups excluding carboxylic acids is 1. The van der Waals surface area contributed by atoms with Gasteiger partial charge in [0.1, 0.15) is 0 Å². The van der Waals surface area contributed by atoms with Gasteiger partial charge in [0.15, 0.2) is 6.10 Å². The fourth-order valence-corrected chi connectivity index (χ4v) is 3.34. The molecule has 0 fully saturated rings. The lowest BCUT2D eigenvalue weighted by atomic mass is 10.0. The second-order valence-corrected chi connectivity index (χ2v) is 7.71. The molecule has 1 heterocycles. The predicted octanol–water partition coefficient (Wildman–Crippen LogP) is 4.18. The Balaban J connectivity index is 1.80. The minimum absolute atomic E-state index is 0.202. The van der Waals surface area contributed by atoms with Crippen LogP contribution in [0.5, 0.6) is 5.88 Å². The molecular weight excluding hydrogens is 378 g/mol. The van der Waals surface area contributed by atoms with Crippen LogP contribution in [0.2, 0.25) is 0 Å². The second-order valence-electron chi connectivity index (χ2n) is 7.71. The van der Waals surface area contributed by atoms with Gasteiger partial charge in [-0.15, -0.1) is 5.10 Å². The van der Waals surface area contributed by atoms with Crippen LogP contribution in [0, 0.1) is 34.6 Å². The van der Waals surface area contributed by atoms with Gasteiger partial charge in [-0.3, -0.25) is 9.59 Å². The average Bonchev–Trinajstić information content (AvgIpc) is 2.68. The van der Waals surface area contributed by atoms with Gasteiger partial charge in [0, 0.05) is 17.8 Å². The fraction of sp³-hybridized carbons (Fsp3) is 0.292. The van der Waals surface area contributed by atoms with E-state index in [-0.39, 0.29) is 17.3 Å². The van der Waals surface area contributed by atoms with Crippen LogP contribution in [0.25, 0.3) is 5.69 Å². The van der Waals surface area contributed by atoms with Gasteiger partial charge in [-0.25, -0.2) is 0 Å². The van der Waals surface area contributed by atoms with Gasteiger partial charge in [0.25, 0.3) is 11.5 Å². The molecule has 1 amide bonds. The number of aromatic nitrogens is 2. The Morgan fingerprint density at radius 1 is 0.933 bits per heavy atom. The molecule has 1 atom stereocenters. The van der Waals surface area contributed by atoms with Crippen LogP contribution >= 0.6 is 0 Å². The van der Waals surface area contributed by atoms with Gasteiger partial charge in [-0.05, 0) is 75.9 Å². The molecule has 1 aromatic heterocycles. The number of rotatable bonds is 5. The minimum atomic E-state index is -0.789. The Kier molecular flexibility index (Phi) is 6.06. The maximum atomic E-state index is 12.7. The van der Waals surface area contributed by atoms with Crippen LogP contribution in [-0.2, 0) is 4.79 Å². The van der Waals surface area contributed by atoms with Gasteiger partial charge >= 0.3 is 0 Å². The van der Waals surface area contributed by atoms with Crippen molar-refractivity contribution in [3.8, 4) is 11.6 Å². The van der Waals surface area contributed by atoms with Crippen molar-refractivity contribution in [1.82, 2.24) is 9.78 Å². The lowest BCUT2D eigenvalue weighted by Crippen LogP contribution is -2.32. The number of nitrogens with zero attached hydrogens (tertiary/aromatic N) is 2. The molecule has 30 heavy (non-hydrogen) atoms. The Bertz CT molecular complexity index is 1140. The smallest absolute Gasteiger partial charge is 0.271 e. The van der Waals surface area contributed by atoms with Crippen molar-refractivity contribution in [2.24, 2.45) is 0 Å². The lowest BCUT2D eigenvalue weighted by Gasteiger charge is -2.17. The number of hydrogen-bond acceptors (Lipinski definition) is 4. The molecule has 1 N–H and O–H groups in total. The third kappa shape index (κ3) is 4.59. The number of nitrogens with one attached hydrogen (secondary N) is 1. The number of hydrogen-bond donors (Lipinski definition) is 1. The summed E-state index contributed by atoms with van der Waals surface area (Å²) in [6.45, 7) is 11.6. The van der Waals surface area contributed by atoms with Crippen molar-refractivity contribution in [2.45, 2.75) is 47.6 Å². The zero-order valence-electron chi connectivity index (χ0n) is 18.2. The zero-order valence-corrected chi connectivity index (χ0v) is 18.2. The Hall–Kier alpha value is -3.41. The standard InChI is InChI=1S/C24H27N3O3/c1-14-11-17(4)23(18(5)12-14)25-24(29)19(6)30-21-9-10-22(28)27(26-21)20-8-7-15(2)16(3)13-20/h7-13,19H,1-6H3,(H,25,29). The molecule has 1 unspecified atom stereocenters. The first-order valence-corrected chi connectivity index (χ1v) is 9.89. The fourth-order valence-electron chi connectivity index (χ4n) is 3.34. The highest BCUT2D eigenvalue weighted by Crippen LogP contribution is 2.22. The van der Waals surface area contributed by atoms with E-state index in [9.17, 15) is 9.59 Å². The van der Waals surface area contributed by atoms with Crippen LogP contribution in [0.1, 0.15) is 34.7 Å². The highest BCUT2D eigenvalue weighted by molar-refractivity contribution is 5.95. The monoisotopic (exact) mass is 405 g/mol. The summed E-state index contributed by atoms with van der Waals surface area (Å²) in [5.74, 6) is -0.0800. The summed E-state index contributed by atoms with van der Waals surface area (Å²) in [6.07, 6.45) is -0.789. The Morgan fingerprint density at radius 2 is 1.60 bits per heavy atom. The summed E-state index contributed by atoms with van der Waals surface area (Å²) < 4.78 is 7.02. The summed E-state index contributed by atoms with van der Waals surface area (Å²) in [6, 6.07) is 12.6. The van der Waals surface area contributed by atoms with Gasteiger partial charge in [0.2, 0.25) is 5.88 Å². The third-order valence-electron chi connectivity index (χ3n) is 5.10. The number of benzene rings is 2. The summed E-state index contributed by atoms with van der Waals surface area (Å²) in [4.78, 5) is 25.0. The first kappa shape index (κ1) is 21.3. The number of amides is 1. The van der Waals surface area contributed by atoms with Crippen LogP contribution in [0.4, 0.5) is 5.69 Å². The van der Waals surface area contributed by atoms with E-state index in [2.05, 4.69) is 10.4 Å². The summed E-state index contributed by atoms with van der Waals surface area (Å²) in [5, 5.41) is 7.23. The molecule has 3 aromatic rings. The molecule has 0 aliphatic rings. The Labute approximate surface area is 176 Å². The van der Waals surface area contributed by atoms with Crippen LogP contribution < -0.4 is 15.6 Å². The normalized spacial score (nSPS) is 11.8. The van der Waals surface area contributed by atoms with Crippen molar-refractivity contribution in [1.29, 1.82) is 0 Å². The first-order valence-electron chi connectivity index (χ1n) is 9.89. The van der Waals surface area contributed by atoms with Crippen LogP contribution in [0.3, 0.4) is 0 Å². The van der Waals surface area contributed by atoms with E-state index < -0.39 is 6.10 Å². The number of aryl methyl sites for hydroxylation is 5. The summed E-state index contributed by atoms with van der Waals surface area (Å²) >= 11 is 0. The molecule has 0 aliphatic carbocycles. The number of anilines is 1. The topological polar surface area (TPSA) is 73.2 Å². The molecule has 0 bridgehead atoms.